The fourth-order valence-electron chi connectivity index (χ4n) is 7.00. The number of hydrogen-bond acceptors (Lipinski definition) is 5. The van der Waals surface area contributed by atoms with Gasteiger partial charge < -0.3 is 9.47 Å². The van der Waals surface area contributed by atoms with E-state index >= 15 is 0 Å². The topological polar surface area (TPSA) is 69.7 Å². The fraction of sp³-hybridized carbons (Fsp3) is 0.783. The summed E-state index contributed by atoms with van der Waals surface area (Å²) in [6.07, 6.45) is 7.82. The molecule has 0 radical (unpaired) electrons. The predicted octanol–water partition coefficient (Wildman–Crippen LogP) is 3.99. The summed E-state index contributed by atoms with van der Waals surface area (Å²) in [4.78, 5) is 36.0. The molecule has 0 N–H and O–H groups in total. The highest BCUT2D eigenvalue weighted by Crippen LogP contribution is 2.64. The van der Waals surface area contributed by atoms with E-state index in [9.17, 15) is 14.4 Å². The first-order valence-electron chi connectivity index (χ1n) is 10.7. The molecule has 0 amide bonds. The number of rotatable bonds is 2. The zero-order chi connectivity index (χ0) is 20.3. The van der Waals surface area contributed by atoms with Gasteiger partial charge in [-0.15, -0.1) is 0 Å². The van der Waals surface area contributed by atoms with Crippen LogP contribution in [0.4, 0.5) is 0 Å². The van der Waals surface area contributed by atoms with E-state index < -0.39 is 0 Å². The number of carbonyl (C=O) groups excluding carboxylic acids is 3. The van der Waals surface area contributed by atoms with Crippen LogP contribution < -0.4 is 0 Å². The van der Waals surface area contributed by atoms with E-state index in [4.69, 9.17) is 9.47 Å². The Balaban J connectivity index is 1.71. The van der Waals surface area contributed by atoms with Gasteiger partial charge in [-0.25, -0.2) is 0 Å². The number of carbonyl (C=O) groups is 3. The maximum absolute atomic E-state index is 12.7. The molecule has 0 aromatic carbocycles. The molecule has 0 saturated heterocycles. The van der Waals surface area contributed by atoms with Gasteiger partial charge in [0.25, 0.3) is 0 Å². The lowest BCUT2D eigenvalue weighted by molar-refractivity contribution is -0.159. The minimum Gasteiger partial charge on any atom is -0.462 e. The van der Waals surface area contributed by atoms with E-state index in [1.807, 2.05) is 0 Å². The van der Waals surface area contributed by atoms with E-state index in [1.54, 1.807) is 0 Å². The summed E-state index contributed by atoms with van der Waals surface area (Å²) < 4.78 is 11.3. The standard InChI is InChI=1S/C23H32O5/c1-13(24)27-16-7-9-22(3)15(11-16)12-19(28-14(2)25)21-17-5-6-20(26)23(17,4)10-8-18(21)22/h12,16-19,21H,5-11H2,1-4H3/t16-,17?,18?,19+,21?,22-,23-/m0/s1. The van der Waals surface area contributed by atoms with Gasteiger partial charge in [-0.05, 0) is 55.4 Å². The van der Waals surface area contributed by atoms with Gasteiger partial charge >= 0.3 is 11.9 Å². The molecule has 4 aliphatic carbocycles. The number of Topliss-reactive ketones (excluding diaryl/α,β-unsaturated/α-hetero) is 1. The summed E-state index contributed by atoms with van der Waals surface area (Å²) in [7, 11) is 0. The largest absolute Gasteiger partial charge is 0.462 e. The summed E-state index contributed by atoms with van der Waals surface area (Å²) in [5.41, 5.74) is 1.03. The molecule has 154 valence electrons. The van der Waals surface area contributed by atoms with Crippen LogP contribution in [-0.2, 0) is 23.9 Å². The van der Waals surface area contributed by atoms with Gasteiger partial charge in [0.2, 0.25) is 0 Å². The van der Waals surface area contributed by atoms with Gasteiger partial charge in [0, 0.05) is 38.0 Å². The first-order valence-corrected chi connectivity index (χ1v) is 10.7. The van der Waals surface area contributed by atoms with Gasteiger partial charge in [-0.1, -0.05) is 19.4 Å². The molecule has 4 rings (SSSR count). The zero-order valence-electron chi connectivity index (χ0n) is 17.5. The Kier molecular flexibility index (Phi) is 4.71. The van der Waals surface area contributed by atoms with E-state index in [1.165, 1.54) is 19.4 Å². The number of ketones is 1. The maximum atomic E-state index is 12.7. The van der Waals surface area contributed by atoms with Crippen molar-refractivity contribution in [3.05, 3.63) is 11.6 Å². The summed E-state index contributed by atoms with van der Waals surface area (Å²) in [6, 6.07) is 0. The van der Waals surface area contributed by atoms with Gasteiger partial charge in [-0.2, -0.15) is 0 Å². The van der Waals surface area contributed by atoms with Gasteiger partial charge in [0.15, 0.2) is 0 Å². The molecule has 0 aliphatic heterocycles. The Labute approximate surface area is 167 Å². The van der Waals surface area contributed by atoms with Crippen molar-refractivity contribution in [1.82, 2.24) is 0 Å². The average Bonchev–Trinajstić information content (AvgIpc) is 2.90. The van der Waals surface area contributed by atoms with Crippen molar-refractivity contribution < 1.29 is 23.9 Å². The first-order chi connectivity index (χ1) is 13.1. The summed E-state index contributed by atoms with van der Waals surface area (Å²) >= 11 is 0. The molecule has 0 heterocycles. The van der Waals surface area contributed by atoms with Gasteiger partial charge in [-0.3, -0.25) is 14.4 Å². The van der Waals surface area contributed by atoms with Crippen LogP contribution in [0.25, 0.3) is 0 Å². The highest BCUT2D eigenvalue weighted by Gasteiger charge is 2.61. The maximum Gasteiger partial charge on any atom is 0.303 e. The molecular formula is C23H32O5. The van der Waals surface area contributed by atoms with E-state index in [0.717, 1.165) is 38.5 Å². The Morgan fingerprint density at radius 3 is 2.29 bits per heavy atom. The molecule has 0 bridgehead atoms. The lowest BCUT2D eigenvalue weighted by atomic mass is 9.47. The lowest BCUT2D eigenvalue weighted by Crippen LogP contribution is -2.55. The van der Waals surface area contributed by atoms with Crippen LogP contribution in [0.15, 0.2) is 11.6 Å². The second-order valence-electron chi connectivity index (χ2n) is 9.87. The van der Waals surface area contributed by atoms with Crippen molar-refractivity contribution in [2.75, 3.05) is 0 Å². The first kappa shape index (κ1) is 19.7. The highest BCUT2D eigenvalue weighted by atomic mass is 16.5. The Hall–Kier alpha value is -1.65. The van der Waals surface area contributed by atoms with Crippen molar-refractivity contribution in [3.63, 3.8) is 0 Å². The molecule has 0 spiro atoms. The number of ether oxygens (including phenoxy) is 2. The fourth-order valence-corrected chi connectivity index (χ4v) is 7.00. The third-order valence-electron chi connectivity index (χ3n) is 8.41. The third-order valence-corrected chi connectivity index (χ3v) is 8.41. The second-order valence-corrected chi connectivity index (χ2v) is 9.87. The molecule has 28 heavy (non-hydrogen) atoms. The summed E-state index contributed by atoms with van der Waals surface area (Å²) in [5.74, 6) is 0.762. The van der Waals surface area contributed by atoms with Crippen LogP contribution in [0.2, 0.25) is 0 Å². The molecule has 5 nitrogen and oxygen atoms in total. The van der Waals surface area contributed by atoms with Crippen molar-refractivity contribution in [1.29, 1.82) is 0 Å². The van der Waals surface area contributed by atoms with Crippen molar-refractivity contribution in [3.8, 4) is 0 Å². The number of esters is 2. The molecule has 5 heteroatoms. The van der Waals surface area contributed by atoms with Crippen LogP contribution in [0.5, 0.6) is 0 Å². The van der Waals surface area contributed by atoms with Gasteiger partial charge in [0.05, 0.1) is 0 Å². The number of fused-ring (bicyclic) bond motifs is 5. The van der Waals surface area contributed by atoms with Crippen LogP contribution in [0.3, 0.4) is 0 Å². The minimum absolute atomic E-state index is 0.0327. The van der Waals surface area contributed by atoms with Crippen molar-refractivity contribution in [2.24, 2.45) is 28.6 Å². The second kappa shape index (κ2) is 6.70. The molecule has 3 unspecified atom stereocenters. The third kappa shape index (κ3) is 2.93. The highest BCUT2D eigenvalue weighted by molar-refractivity contribution is 5.87. The van der Waals surface area contributed by atoms with Crippen molar-refractivity contribution >= 4 is 17.7 Å². The van der Waals surface area contributed by atoms with E-state index in [-0.39, 0.29) is 46.8 Å². The summed E-state index contributed by atoms with van der Waals surface area (Å²) in [5, 5.41) is 0. The van der Waals surface area contributed by atoms with Crippen LogP contribution in [0.1, 0.15) is 72.6 Å². The normalized spacial score (nSPS) is 44.6. The molecule has 3 saturated carbocycles. The van der Waals surface area contributed by atoms with E-state index in [0.29, 0.717) is 18.1 Å². The number of hydrogen-bond donors (Lipinski definition) is 0. The smallest absolute Gasteiger partial charge is 0.303 e. The lowest BCUT2D eigenvalue weighted by Gasteiger charge is -2.58. The minimum atomic E-state index is -0.280. The zero-order valence-corrected chi connectivity index (χ0v) is 17.5. The molecule has 0 aromatic rings. The van der Waals surface area contributed by atoms with Crippen LogP contribution in [0, 0.1) is 28.6 Å². The predicted molar refractivity (Wildman–Crippen MR) is 103 cm³/mol. The van der Waals surface area contributed by atoms with Crippen LogP contribution >= 0.6 is 0 Å². The van der Waals surface area contributed by atoms with E-state index in [2.05, 4.69) is 19.9 Å². The quantitative estimate of drug-likeness (QED) is 0.528. The van der Waals surface area contributed by atoms with Crippen LogP contribution in [-0.4, -0.2) is 29.9 Å². The molecule has 4 aliphatic rings. The van der Waals surface area contributed by atoms with Gasteiger partial charge in [0.1, 0.15) is 18.0 Å². The molecule has 7 atom stereocenters. The Bertz CT molecular complexity index is 739. The molecule has 0 aromatic heterocycles. The van der Waals surface area contributed by atoms with Crippen molar-refractivity contribution in [2.45, 2.75) is 84.8 Å². The average molecular weight is 389 g/mol. The SMILES string of the molecule is CC(=O)O[C@H]1CC[C@@]2(C)C(=C[C@@H](OC(C)=O)C3C2CC[C@]2(C)C(=O)CCC32)C1. The monoisotopic (exact) mass is 388 g/mol. The Morgan fingerprint density at radius 1 is 0.964 bits per heavy atom. The summed E-state index contributed by atoms with van der Waals surface area (Å²) in [6.45, 7) is 7.39. The molecular weight excluding hydrogens is 356 g/mol. The Morgan fingerprint density at radius 2 is 1.61 bits per heavy atom. The molecule has 3 fully saturated rings.